The van der Waals surface area contributed by atoms with Gasteiger partial charge in [0.05, 0.1) is 13.7 Å². The van der Waals surface area contributed by atoms with E-state index in [2.05, 4.69) is 23.6 Å². The number of methoxy groups -OCH3 is 1. The van der Waals surface area contributed by atoms with Crippen molar-refractivity contribution in [3.63, 3.8) is 0 Å². The first-order valence-corrected chi connectivity index (χ1v) is 6.78. The first-order chi connectivity index (χ1) is 9.47. The van der Waals surface area contributed by atoms with Crippen LogP contribution in [0.4, 0.5) is 0 Å². The molecule has 6 nitrogen and oxygen atoms in total. The van der Waals surface area contributed by atoms with Crippen LogP contribution in [0.2, 0.25) is 0 Å². The molecule has 1 aromatic rings. The van der Waals surface area contributed by atoms with Crippen molar-refractivity contribution in [1.29, 1.82) is 0 Å². The van der Waals surface area contributed by atoms with E-state index in [4.69, 9.17) is 4.42 Å². The third-order valence-corrected chi connectivity index (χ3v) is 2.90. The van der Waals surface area contributed by atoms with Gasteiger partial charge in [-0.2, -0.15) is 0 Å². The molecule has 0 spiro atoms. The fourth-order valence-electron chi connectivity index (χ4n) is 1.67. The number of hydrogen-bond acceptors (Lipinski definition) is 5. The van der Waals surface area contributed by atoms with Crippen LogP contribution >= 0.6 is 0 Å². The third kappa shape index (κ3) is 4.68. The molecule has 0 atom stereocenters. The van der Waals surface area contributed by atoms with Crippen molar-refractivity contribution in [2.24, 2.45) is 5.92 Å². The van der Waals surface area contributed by atoms with E-state index >= 15 is 0 Å². The maximum Gasteiger partial charge on any atom is 0.360 e. The zero-order valence-corrected chi connectivity index (χ0v) is 12.5. The van der Waals surface area contributed by atoms with E-state index in [0.717, 1.165) is 6.42 Å². The minimum absolute atomic E-state index is 0.0449. The van der Waals surface area contributed by atoms with Gasteiger partial charge in [0.25, 0.3) is 0 Å². The number of oxazole rings is 1. The van der Waals surface area contributed by atoms with Gasteiger partial charge in [-0.25, -0.2) is 9.78 Å². The van der Waals surface area contributed by atoms with Gasteiger partial charge in [0.1, 0.15) is 6.26 Å². The van der Waals surface area contributed by atoms with Crippen LogP contribution in [0, 0.1) is 5.92 Å². The second kappa shape index (κ2) is 7.67. The highest BCUT2D eigenvalue weighted by Crippen LogP contribution is 2.10. The van der Waals surface area contributed by atoms with Gasteiger partial charge < -0.3 is 14.1 Å². The lowest BCUT2D eigenvalue weighted by molar-refractivity contribution is -0.132. The van der Waals surface area contributed by atoms with Crippen molar-refractivity contribution in [2.75, 3.05) is 13.7 Å². The zero-order valence-electron chi connectivity index (χ0n) is 12.5. The van der Waals surface area contributed by atoms with Crippen LogP contribution in [-0.2, 0) is 16.1 Å². The zero-order chi connectivity index (χ0) is 15.1. The highest BCUT2D eigenvalue weighted by Gasteiger charge is 2.18. The van der Waals surface area contributed by atoms with Gasteiger partial charge in [-0.1, -0.05) is 20.8 Å². The monoisotopic (exact) mass is 282 g/mol. The Hall–Kier alpha value is -1.85. The molecule has 6 heteroatoms. The number of hydrogen-bond donors (Lipinski definition) is 0. The van der Waals surface area contributed by atoms with Crippen molar-refractivity contribution in [2.45, 2.75) is 40.2 Å². The standard InChI is InChI=1S/C14H22N2O4/c1-5-13(17)16(7-6-10(2)3)8-12-15-11(9-20-12)14(18)19-4/h9-10H,5-8H2,1-4H3. The molecule has 20 heavy (non-hydrogen) atoms. The molecule has 1 amide bonds. The normalized spacial score (nSPS) is 10.7. The SMILES string of the molecule is CCC(=O)N(CCC(C)C)Cc1nc(C(=O)OC)co1. The van der Waals surface area contributed by atoms with Crippen LogP contribution in [0.5, 0.6) is 0 Å². The van der Waals surface area contributed by atoms with Crippen molar-refractivity contribution >= 4 is 11.9 Å². The van der Waals surface area contributed by atoms with Gasteiger partial charge in [0, 0.05) is 13.0 Å². The summed E-state index contributed by atoms with van der Waals surface area (Å²) in [6.45, 7) is 6.96. The minimum atomic E-state index is -0.546. The number of amides is 1. The summed E-state index contributed by atoms with van der Waals surface area (Å²) >= 11 is 0. The van der Waals surface area contributed by atoms with Crippen molar-refractivity contribution in [1.82, 2.24) is 9.88 Å². The molecule has 0 fully saturated rings. The quantitative estimate of drug-likeness (QED) is 0.717. The molecular formula is C14H22N2O4. The van der Waals surface area contributed by atoms with Crippen molar-refractivity contribution in [3.8, 4) is 0 Å². The molecule has 112 valence electrons. The molecule has 0 N–H and O–H groups in total. The number of ether oxygens (including phenoxy) is 1. The second-order valence-corrected chi connectivity index (χ2v) is 4.97. The molecule has 1 aromatic heterocycles. The van der Waals surface area contributed by atoms with Crippen LogP contribution in [0.15, 0.2) is 10.7 Å². The molecule has 0 aliphatic rings. The average molecular weight is 282 g/mol. The fourth-order valence-corrected chi connectivity index (χ4v) is 1.67. The van der Waals surface area contributed by atoms with Crippen LogP contribution < -0.4 is 0 Å². The predicted molar refractivity (Wildman–Crippen MR) is 73.0 cm³/mol. The Balaban J connectivity index is 2.71. The largest absolute Gasteiger partial charge is 0.464 e. The minimum Gasteiger partial charge on any atom is -0.464 e. The summed E-state index contributed by atoms with van der Waals surface area (Å²) in [7, 11) is 1.28. The predicted octanol–water partition coefficient (Wildman–Crippen LogP) is 2.25. The van der Waals surface area contributed by atoms with E-state index in [-0.39, 0.29) is 18.1 Å². The molecule has 0 bridgehead atoms. The number of nitrogens with zero attached hydrogens (tertiary/aromatic N) is 2. The van der Waals surface area contributed by atoms with E-state index in [0.29, 0.717) is 24.8 Å². The van der Waals surface area contributed by atoms with Crippen LogP contribution in [-0.4, -0.2) is 35.4 Å². The summed E-state index contributed by atoms with van der Waals surface area (Å²) in [5, 5.41) is 0. The number of rotatable bonds is 7. The maximum absolute atomic E-state index is 11.9. The molecule has 0 radical (unpaired) electrons. The number of carbonyl (C=O) groups is 2. The molecule has 0 aliphatic heterocycles. The Labute approximate surface area is 119 Å². The smallest absolute Gasteiger partial charge is 0.360 e. The van der Waals surface area contributed by atoms with Gasteiger partial charge in [0.15, 0.2) is 5.69 Å². The second-order valence-electron chi connectivity index (χ2n) is 4.97. The Morgan fingerprint density at radius 1 is 1.45 bits per heavy atom. The molecule has 0 aliphatic carbocycles. The summed E-state index contributed by atoms with van der Waals surface area (Å²) in [6.07, 6.45) is 2.59. The Morgan fingerprint density at radius 2 is 2.15 bits per heavy atom. The summed E-state index contributed by atoms with van der Waals surface area (Å²) in [6, 6.07) is 0. The van der Waals surface area contributed by atoms with E-state index in [1.54, 1.807) is 4.90 Å². The van der Waals surface area contributed by atoms with Crippen molar-refractivity contribution in [3.05, 3.63) is 17.8 Å². The summed E-state index contributed by atoms with van der Waals surface area (Å²) < 4.78 is 9.77. The Kier molecular flexibility index (Phi) is 6.21. The van der Waals surface area contributed by atoms with Crippen LogP contribution in [0.1, 0.15) is 50.0 Å². The average Bonchev–Trinajstić information content (AvgIpc) is 2.90. The van der Waals surface area contributed by atoms with E-state index in [1.807, 2.05) is 6.92 Å². The molecule has 0 saturated carbocycles. The Bertz CT molecular complexity index is 454. The van der Waals surface area contributed by atoms with E-state index in [1.165, 1.54) is 13.4 Å². The first kappa shape index (κ1) is 16.2. The molecular weight excluding hydrogens is 260 g/mol. The van der Waals surface area contributed by atoms with E-state index < -0.39 is 5.97 Å². The summed E-state index contributed by atoms with van der Waals surface area (Å²) in [4.78, 5) is 28.9. The lowest BCUT2D eigenvalue weighted by atomic mass is 10.1. The maximum atomic E-state index is 11.9. The lowest BCUT2D eigenvalue weighted by Crippen LogP contribution is -2.31. The number of aromatic nitrogens is 1. The fraction of sp³-hybridized carbons (Fsp3) is 0.643. The molecule has 1 heterocycles. The van der Waals surface area contributed by atoms with Gasteiger partial charge in [-0.3, -0.25) is 4.79 Å². The Morgan fingerprint density at radius 3 is 2.70 bits per heavy atom. The van der Waals surface area contributed by atoms with Gasteiger partial charge in [0.2, 0.25) is 11.8 Å². The first-order valence-electron chi connectivity index (χ1n) is 6.78. The summed E-state index contributed by atoms with van der Waals surface area (Å²) in [5.41, 5.74) is 0.121. The van der Waals surface area contributed by atoms with Crippen LogP contribution in [0.25, 0.3) is 0 Å². The topological polar surface area (TPSA) is 72.6 Å². The highest BCUT2D eigenvalue weighted by atomic mass is 16.5. The number of carbonyl (C=O) groups excluding carboxylic acids is 2. The summed E-state index contributed by atoms with van der Waals surface area (Å²) in [5.74, 6) is 0.354. The van der Waals surface area contributed by atoms with E-state index in [9.17, 15) is 9.59 Å². The van der Waals surface area contributed by atoms with Crippen LogP contribution in [0.3, 0.4) is 0 Å². The van der Waals surface area contributed by atoms with Crippen molar-refractivity contribution < 1.29 is 18.7 Å². The molecule has 0 aromatic carbocycles. The van der Waals surface area contributed by atoms with Gasteiger partial charge in [-0.05, 0) is 12.3 Å². The lowest BCUT2D eigenvalue weighted by Gasteiger charge is -2.21. The number of esters is 1. The molecule has 0 unspecified atom stereocenters. The van der Waals surface area contributed by atoms with Gasteiger partial charge >= 0.3 is 5.97 Å². The van der Waals surface area contributed by atoms with Gasteiger partial charge in [-0.15, -0.1) is 0 Å². The molecule has 1 rings (SSSR count). The highest BCUT2D eigenvalue weighted by molar-refractivity contribution is 5.86. The molecule has 0 saturated heterocycles. The third-order valence-electron chi connectivity index (χ3n) is 2.90.